The van der Waals surface area contributed by atoms with Crippen molar-refractivity contribution in [2.24, 2.45) is 0 Å². The van der Waals surface area contributed by atoms with Gasteiger partial charge in [0, 0.05) is 24.7 Å². The van der Waals surface area contributed by atoms with Crippen molar-refractivity contribution < 1.29 is 8.81 Å². The third-order valence-electron chi connectivity index (χ3n) is 7.06. The lowest BCUT2D eigenvalue weighted by Gasteiger charge is -2.44. The molecule has 1 aliphatic heterocycles. The average molecular weight is 435 g/mol. The van der Waals surface area contributed by atoms with Gasteiger partial charge in [-0.15, -0.1) is 0 Å². The zero-order valence-electron chi connectivity index (χ0n) is 18.7. The van der Waals surface area contributed by atoms with Gasteiger partial charge in [0.25, 0.3) is 6.01 Å². The van der Waals surface area contributed by atoms with Gasteiger partial charge in [-0.1, -0.05) is 0 Å². The number of aromatic nitrogens is 4. The Morgan fingerprint density at radius 2 is 1.88 bits per heavy atom. The molecule has 1 aliphatic carbocycles. The van der Waals surface area contributed by atoms with E-state index in [9.17, 15) is 4.39 Å². The van der Waals surface area contributed by atoms with E-state index in [0.717, 1.165) is 29.7 Å². The van der Waals surface area contributed by atoms with Gasteiger partial charge in [-0.2, -0.15) is 10.1 Å². The Bertz CT molecular complexity index is 1320. The van der Waals surface area contributed by atoms with Gasteiger partial charge in [0.15, 0.2) is 17.0 Å². The molecule has 4 aromatic rings. The molecule has 0 spiro atoms. The van der Waals surface area contributed by atoms with Crippen LogP contribution in [0.1, 0.15) is 36.9 Å². The third-order valence-corrected chi connectivity index (χ3v) is 7.06. The summed E-state index contributed by atoms with van der Waals surface area (Å²) in [5.41, 5.74) is 4.73. The predicted molar refractivity (Wildman–Crippen MR) is 121 cm³/mol. The maximum atomic E-state index is 15.0. The minimum Gasteiger partial charge on any atom is -0.423 e. The van der Waals surface area contributed by atoms with Crippen molar-refractivity contribution in [3.63, 3.8) is 0 Å². The molecule has 1 saturated carbocycles. The van der Waals surface area contributed by atoms with Crippen LogP contribution in [0.4, 0.5) is 10.4 Å². The summed E-state index contributed by atoms with van der Waals surface area (Å²) in [6.45, 7) is 6.35. The van der Waals surface area contributed by atoms with E-state index in [1.165, 1.54) is 32.0 Å². The lowest BCUT2D eigenvalue weighted by Crippen LogP contribution is -2.52. The summed E-state index contributed by atoms with van der Waals surface area (Å²) in [6, 6.07) is 6.76. The van der Waals surface area contributed by atoms with Crippen LogP contribution in [-0.4, -0.2) is 56.7 Å². The summed E-state index contributed by atoms with van der Waals surface area (Å²) in [7, 11) is 1.99. The molecule has 2 fully saturated rings. The molecular formula is C24H27FN6O. The molecule has 4 heterocycles. The van der Waals surface area contributed by atoms with Crippen LogP contribution in [0.15, 0.2) is 28.8 Å². The van der Waals surface area contributed by atoms with E-state index in [4.69, 9.17) is 4.42 Å². The summed E-state index contributed by atoms with van der Waals surface area (Å²) < 4.78 is 22.8. The molecule has 32 heavy (non-hydrogen) atoms. The van der Waals surface area contributed by atoms with Crippen LogP contribution in [0, 0.1) is 19.7 Å². The molecule has 8 heteroatoms. The van der Waals surface area contributed by atoms with Gasteiger partial charge >= 0.3 is 0 Å². The first kappa shape index (κ1) is 19.7. The normalized spacial score (nSPS) is 21.5. The van der Waals surface area contributed by atoms with Crippen molar-refractivity contribution in [2.45, 2.75) is 51.6 Å². The molecular weight excluding hydrogens is 407 g/mol. The molecule has 1 saturated heterocycles. The fourth-order valence-electron chi connectivity index (χ4n) is 5.10. The number of hydrogen-bond donors (Lipinski definition) is 0. The number of nitrogens with zero attached hydrogens (tertiary/aromatic N) is 6. The topological polar surface area (TPSA) is 62.7 Å². The van der Waals surface area contributed by atoms with Crippen LogP contribution in [-0.2, 0) is 0 Å². The first-order valence-electron chi connectivity index (χ1n) is 11.4. The number of benzene rings is 1. The Hall–Kier alpha value is -3.00. The molecule has 0 bridgehead atoms. The minimum atomic E-state index is -0.397. The van der Waals surface area contributed by atoms with Gasteiger partial charge in [-0.3, -0.25) is 0 Å². The van der Waals surface area contributed by atoms with E-state index < -0.39 is 5.82 Å². The lowest BCUT2D eigenvalue weighted by atomic mass is 9.85. The third kappa shape index (κ3) is 3.16. The number of hydrogen-bond acceptors (Lipinski definition) is 6. The second-order valence-electron chi connectivity index (χ2n) is 9.30. The van der Waals surface area contributed by atoms with E-state index in [0.29, 0.717) is 34.9 Å². The zero-order chi connectivity index (χ0) is 22.0. The van der Waals surface area contributed by atoms with E-state index in [2.05, 4.69) is 24.9 Å². The first-order valence-corrected chi connectivity index (χ1v) is 11.4. The van der Waals surface area contributed by atoms with E-state index in [1.54, 1.807) is 4.52 Å². The smallest absolute Gasteiger partial charge is 0.298 e. The predicted octanol–water partition coefficient (Wildman–Crippen LogP) is 4.36. The van der Waals surface area contributed by atoms with Crippen LogP contribution >= 0.6 is 0 Å². The van der Waals surface area contributed by atoms with Crippen molar-refractivity contribution >= 4 is 22.8 Å². The van der Waals surface area contributed by atoms with Crippen LogP contribution in [0.2, 0.25) is 0 Å². The van der Waals surface area contributed by atoms with Crippen molar-refractivity contribution in [1.29, 1.82) is 0 Å². The molecule has 1 aromatic carbocycles. The van der Waals surface area contributed by atoms with E-state index in [1.807, 2.05) is 39.2 Å². The van der Waals surface area contributed by atoms with Crippen molar-refractivity contribution in [3.05, 3.63) is 41.5 Å². The number of halogens is 1. The van der Waals surface area contributed by atoms with Gasteiger partial charge < -0.3 is 14.2 Å². The standard InChI is InChI=1S/C24H27FN6O/c1-14-8-20(28-31-13-15(2)26-23(14)31)16-9-19(25)22-21(10-16)32-24(27-22)29(3)17-11-18(12-17)30-6-4-5-7-30/h8-10,13,17-18H,4-7,11-12H2,1-3H3. The monoisotopic (exact) mass is 434 g/mol. The second kappa shape index (κ2) is 7.27. The Morgan fingerprint density at radius 1 is 1.09 bits per heavy atom. The maximum Gasteiger partial charge on any atom is 0.298 e. The summed E-state index contributed by atoms with van der Waals surface area (Å²) in [5.74, 6) is -0.397. The highest BCUT2D eigenvalue weighted by Gasteiger charge is 2.38. The molecule has 166 valence electrons. The van der Waals surface area contributed by atoms with Crippen molar-refractivity contribution in [1.82, 2.24) is 24.5 Å². The molecule has 0 unspecified atom stereocenters. The largest absolute Gasteiger partial charge is 0.423 e. The van der Waals surface area contributed by atoms with Gasteiger partial charge in [0.1, 0.15) is 5.52 Å². The number of oxazole rings is 1. The summed E-state index contributed by atoms with van der Waals surface area (Å²) in [5, 5.41) is 4.62. The highest BCUT2D eigenvalue weighted by molar-refractivity contribution is 5.81. The van der Waals surface area contributed by atoms with Crippen LogP contribution in [0.25, 0.3) is 28.0 Å². The Morgan fingerprint density at radius 3 is 2.66 bits per heavy atom. The number of anilines is 1. The number of imidazole rings is 1. The molecule has 0 amide bonds. The van der Waals surface area contributed by atoms with Crippen LogP contribution in [0.5, 0.6) is 0 Å². The van der Waals surface area contributed by atoms with E-state index in [-0.39, 0.29) is 5.52 Å². The number of fused-ring (bicyclic) bond motifs is 2. The number of rotatable bonds is 4. The summed E-state index contributed by atoms with van der Waals surface area (Å²) in [6.07, 6.45) is 6.71. The van der Waals surface area contributed by atoms with Crippen LogP contribution < -0.4 is 4.90 Å². The SMILES string of the molecule is Cc1cn2nc(-c3cc(F)c4nc(N(C)C5CC(N6CCCC6)C5)oc4c3)cc(C)c2n1. The van der Waals surface area contributed by atoms with Crippen molar-refractivity contribution in [3.8, 4) is 11.3 Å². The second-order valence-corrected chi connectivity index (χ2v) is 9.30. The average Bonchev–Trinajstić information content (AvgIpc) is 3.45. The molecule has 0 atom stereocenters. The first-order chi connectivity index (χ1) is 15.5. The van der Waals surface area contributed by atoms with Crippen molar-refractivity contribution in [2.75, 3.05) is 25.0 Å². The molecule has 3 aromatic heterocycles. The number of likely N-dealkylation sites (tertiary alicyclic amines) is 1. The molecule has 7 nitrogen and oxygen atoms in total. The maximum absolute atomic E-state index is 15.0. The Balaban J connectivity index is 1.29. The molecule has 0 radical (unpaired) electrons. The fraction of sp³-hybridized carbons (Fsp3) is 0.458. The zero-order valence-corrected chi connectivity index (χ0v) is 18.7. The summed E-state index contributed by atoms with van der Waals surface area (Å²) in [4.78, 5) is 13.6. The highest BCUT2D eigenvalue weighted by Crippen LogP contribution is 2.36. The minimum absolute atomic E-state index is 0.266. The van der Waals surface area contributed by atoms with Gasteiger partial charge in [-0.25, -0.2) is 13.9 Å². The van der Waals surface area contributed by atoms with Gasteiger partial charge in [0.2, 0.25) is 0 Å². The van der Waals surface area contributed by atoms with Gasteiger partial charge in [0.05, 0.1) is 17.6 Å². The summed E-state index contributed by atoms with van der Waals surface area (Å²) >= 11 is 0. The van der Waals surface area contributed by atoms with Crippen LogP contribution in [0.3, 0.4) is 0 Å². The molecule has 2 aliphatic rings. The highest BCUT2D eigenvalue weighted by atomic mass is 19.1. The lowest BCUT2D eigenvalue weighted by molar-refractivity contribution is 0.133. The van der Waals surface area contributed by atoms with E-state index >= 15 is 0 Å². The van der Waals surface area contributed by atoms with Gasteiger partial charge in [-0.05, 0) is 76.4 Å². The Kier molecular flexibility index (Phi) is 4.47. The fourth-order valence-corrected chi connectivity index (χ4v) is 5.10. The number of aryl methyl sites for hydroxylation is 2. The quantitative estimate of drug-likeness (QED) is 0.476. The Labute approximate surface area is 185 Å². The molecule has 0 N–H and O–H groups in total. The molecule has 6 rings (SSSR count).